The Kier molecular flexibility index (Phi) is 8.31. The first-order valence-electron chi connectivity index (χ1n) is 11.5. The molecule has 1 saturated heterocycles. The lowest BCUT2D eigenvalue weighted by Gasteiger charge is -2.31. The largest absolute Gasteiger partial charge is 0.357 e. The molecule has 164 valence electrons. The molecule has 2 aromatic rings. The average molecular weight is 411 g/mol. The summed E-state index contributed by atoms with van der Waals surface area (Å²) in [7, 11) is 0. The fourth-order valence-corrected chi connectivity index (χ4v) is 4.22. The minimum atomic E-state index is 0.624. The molecule has 0 unspecified atom stereocenters. The number of likely N-dealkylation sites (tertiary alicyclic amines) is 1. The summed E-state index contributed by atoms with van der Waals surface area (Å²) in [5, 5.41) is 11.6. The van der Waals surface area contributed by atoms with Gasteiger partial charge in [0.25, 0.3) is 0 Å². The highest BCUT2D eigenvalue weighted by atomic mass is 15.3. The van der Waals surface area contributed by atoms with Crippen molar-refractivity contribution in [1.82, 2.24) is 25.3 Å². The number of aromatic nitrogens is 2. The van der Waals surface area contributed by atoms with Crippen molar-refractivity contribution in [3.05, 3.63) is 47.3 Å². The Labute approximate surface area is 181 Å². The molecule has 0 atom stereocenters. The summed E-state index contributed by atoms with van der Waals surface area (Å²) in [6, 6.07) is 10.5. The molecule has 2 heterocycles. The van der Waals surface area contributed by atoms with Gasteiger partial charge in [0.15, 0.2) is 5.96 Å². The normalized spacial score (nSPS) is 16.1. The Balaban J connectivity index is 1.59. The molecule has 1 aliphatic heterocycles. The molecule has 1 aromatic heterocycles. The van der Waals surface area contributed by atoms with Crippen LogP contribution < -0.4 is 10.6 Å². The van der Waals surface area contributed by atoms with Gasteiger partial charge in [0.05, 0.1) is 17.9 Å². The van der Waals surface area contributed by atoms with Crippen LogP contribution in [0.25, 0.3) is 5.69 Å². The molecule has 6 nitrogen and oxygen atoms in total. The SMILES string of the molecule is CCNC(=NCc1ccccc1-n1nc(C)cc1C)NCCC1CCN(CC)CC1. The van der Waals surface area contributed by atoms with E-state index in [1.807, 2.05) is 11.6 Å². The maximum atomic E-state index is 4.86. The van der Waals surface area contributed by atoms with E-state index >= 15 is 0 Å². The number of nitrogens with one attached hydrogen (secondary N) is 2. The minimum Gasteiger partial charge on any atom is -0.357 e. The van der Waals surface area contributed by atoms with Crippen molar-refractivity contribution in [3.8, 4) is 5.69 Å². The second kappa shape index (κ2) is 11.2. The number of benzene rings is 1. The predicted molar refractivity (Wildman–Crippen MR) is 125 cm³/mol. The number of rotatable bonds is 8. The maximum absolute atomic E-state index is 4.86. The van der Waals surface area contributed by atoms with Gasteiger partial charge in [-0.3, -0.25) is 0 Å². The van der Waals surface area contributed by atoms with Gasteiger partial charge in [-0.15, -0.1) is 0 Å². The van der Waals surface area contributed by atoms with Gasteiger partial charge >= 0.3 is 0 Å². The lowest BCUT2D eigenvalue weighted by Crippen LogP contribution is -2.39. The van der Waals surface area contributed by atoms with E-state index in [1.165, 1.54) is 44.5 Å². The summed E-state index contributed by atoms with van der Waals surface area (Å²) in [6.45, 7) is 14.6. The summed E-state index contributed by atoms with van der Waals surface area (Å²) < 4.78 is 2.02. The first kappa shape index (κ1) is 22.3. The smallest absolute Gasteiger partial charge is 0.191 e. The number of hydrogen-bond acceptors (Lipinski definition) is 3. The number of hydrogen-bond donors (Lipinski definition) is 2. The van der Waals surface area contributed by atoms with Crippen molar-refractivity contribution < 1.29 is 0 Å². The van der Waals surface area contributed by atoms with Gasteiger partial charge in [-0.25, -0.2) is 9.67 Å². The zero-order valence-corrected chi connectivity index (χ0v) is 19.1. The Morgan fingerprint density at radius 2 is 1.90 bits per heavy atom. The summed E-state index contributed by atoms with van der Waals surface area (Å²) in [6.07, 6.45) is 3.85. The lowest BCUT2D eigenvalue weighted by molar-refractivity contribution is 0.187. The Bertz CT molecular complexity index is 817. The van der Waals surface area contributed by atoms with Crippen molar-refractivity contribution in [1.29, 1.82) is 0 Å². The van der Waals surface area contributed by atoms with Crippen LogP contribution in [0.1, 0.15) is 50.1 Å². The molecule has 0 bridgehead atoms. The van der Waals surface area contributed by atoms with Gasteiger partial charge in [-0.2, -0.15) is 5.10 Å². The highest BCUT2D eigenvalue weighted by Crippen LogP contribution is 2.20. The van der Waals surface area contributed by atoms with Crippen LogP contribution in [0.15, 0.2) is 35.3 Å². The summed E-state index contributed by atoms with van der Waals surface area (Å²) in [5.74, 6) is 1.72. The van der Waals surface area contributed by atoms with Crippen LogP contribution in [0.2, 0.25) is 0 Å². The zero-order valence-electron chi connectivity index (χ0n) is 19.1. The van der Waals surface area contributed by atoms with Gasteiger partial charge in [-0.05, 0) is 83.3 Å². The molecule has 0 amide bonds. The molecule has 1 aliphatic rings. The molecule has 30 heavy (non-hydrogen) atoms. The average Bonchev–Trinajstić information content (AvgIpc) is 3.10. The molecule has 1 fully saturated rings. The Morgan fingerprint density at radius 3 is 2.57 bits per heavy atom. The second-order valence-corrected chi connectivity index (χ2v) is 8.26. The first-order valence-corrected chi connectivity index (χ1v) is 11.5. The number of aryl methyl sites for hydroxylation is 2. The zero-order chi connectivity index (χ0) is 21.3. The third kappa shape index (κ3) is 6.08. The second-order valence-electron chi connectivity index (χ2n) is 8.26. The van der Waals surface area contributed by atoms with E-state index in [0.29, 0.717) is 6.54 Å². The highest BCUT2D eigenvalue weighted by Gasteiger charge is 2.17. The summed E-state index contributed by atoms with van der Waals surface area (Å²) in [4.78, 5) is 7.41. The predicted octanol–water partition coefficient (Wildman–Crippen LogP) is 3.67. The monoisotopic (exact) mass is 410 g/mol. The van der Waals surface area contributed by atoms with Crippen LogP contribution in [0.4, 0.5) is 0 Å². The molecule has 6 heteroatoms. The maximum Gasteiger partial charge on any atom is 0.191 e. The molecular formula is C24H38N6. The van der Waals surface area contributed by atoms with Crippen molar-refractivity contribution in [2.75, 3.05) is 32.7 Å². The van der Waals surface area contributed by atoms with Crippen LogP contribution >= 0.6 is 0 Å². The standard InChI is InChI=1S/C24H38N6/c1-5-25-24(26-14-11-21-12-15-29(6-2)16-13-21)27-18-22-9-7-8-10-23(22)30-20(4)17-19(3)28-30/h7-10,17,21H,5-6,11-16,18H2,1-4H3,(H2,25,26,27). The quantitative estimate of drug-likeness (QED) is 0.515. The van der Waals surface area contributed by atoms with E-state index in [2.05, 4.69) is 71.7 Å². The number of aliphatic imine (C=N–C) groups is 1. The van der Waals surface area contributed by atoms with E-state index in [0.717, 1.165) is 42.0 Å². The first-order chi connectivity index (χ1) is 14.6. The van der Waals surface area contributed by atoms with Crippen LogP contribution in [0, 0.1) is 19.8 Å². The molecule has 2 N–H and O–H groups in total. The molecule has 1 aromatic carbocycles. The number of guanidine groups is 1. The highest BCUT2D eigenvalue weighted by molar-refractivity contribution is 5.79. The number of para-hydroxylation sites is 1. The summed E-state index contributed by atoms with van der Waals surface area (Å²) >= 11 is 0. The number of piperidine rings is 1. The van der Waals surface area contributed by atoms with Gasteiger partial charge in [0, 0.05) is 18.8 Å². The van der Waals surface area contributed by atoms with Gasteiger partial charge in [0.1, 0.15) is 0 Å². The number of nitrogens with zero attached hydrogens (tertiary/aromatic N) is 4. The molecular weight excluding hydrogens is 372 g/mol. The molecule has 0 radical (unpaired) electrons. The molecule has 0 aliphatic carbocycles. The van der Waals surface area contributed by atoms with Gasteiger partial charge < -0.3 is 15.5 Å². The fourth-order valence-electron chi connectivity index (χ4n) is 4.22. The lowest BCUT2D eigenvalue weighted by atomic mass is 9.93. The van der Waals surface area contributed by atoms with Gasteiger partial charge in [-0.1, -0.05) is 25.1 Å². The van der Waals surface area contributed by atoms with E-state index in [9.17, 15) is 0 Å². The van der Waals surface area contributed by atoms with E-state index in [-0.39, 0.29) is 0 Å². The van der Waals surface area contributed by atoms with Crippen LogP contribution in [-0.4, -0.2) is 53.4 Å². The minimum absolute atomic E-state index is 0.624. The van der Waals surface area contributed by atoms with E-state index < -0.39 is 0 Å². The van der Waals surface area contributed by atoms with Crippen molar-refractivity contribution in [2.24, 2.45) is 10.9 Å². The molecule has 0 spiro atoms. The third-order valence-electron chi connectivity index (χ3n) is 5.98. The Morgan fingerprint density at radius 1 is 1.13 bits per heavy atom. The topological polar surface area (TPSA) is 57.5 Å². The van der Waals surface area contributed by atoms with Crippen molar-refractivity contribution in [3.63, 3.8) is 0 Å². The van der Waals surface area contributed by atoms with E-state index in [1.54, 1.807) is 0 Å². The third-order valence-corrected chi connectivity index (χ3v) is 5.98. The fraction of sp³-hybridized carbons (Fsp3) is 0.583. The van der Waals surface area contributed by atoms with Crippen LogP contribution in [0.5, 0.6) is 0 Å². The Hall–Kier alpha value is -2.34. The van der Waals surface area contributed by atoms with Gasteiger partial charge in [0.2, 0.25) is 0 Å². The van der Waals surface area contributed by atoms with Crippen molar-refractivity contribution in [2.45, 2.75) is 53.5 Å². The molecule has 3 rings (SSSR count). The van der Waals surface area contributed by atoms with Crippen LogP contribution in [-0.2, 0) is 6.54 Å². The van der Waals surface area contributed by atoms with E-state index in [4.69, 9.17) is 4.99 Å². The molecule has 0 saturated carbocycles. The summed E-state index contributed by atoms with van der Waals surface area (Å²) in [5.41, 5.74) is 4.45. The van der Waals surface area contributed by atoms with Crippen molar-refractivity contribution >= 4 is 5.96 Å². The van der Waals surface area contributed by atoms with Crippen LogP contribution in [0.3, 0.4) is 0 Å².